The van der Waals surface area contributed by atoms with Crippen molar-refractivity contribution in [2.75, 3.05) is 6.26 Å². The summed E-state index contributed by atoms with van der Waals surface area (Å²) in [6.07, 6.45) is 1.20. The van der Waals surface area contributed by atoms with Crippen molar-refractivity contribution in [2.45, 2.75) is 17.5 Å². The minimum Gasteiger partial charge on any atom is -0.359 e. The van der Waals surface area contributed by atoms with Crippen molar-refractivity contribution in [3.63, 3.8) is 0 Å². The van der Waals surface area contributed by atoms with E-state index in [1.165, 1.54) is 6.26 Å². The van der Waals surface area contributed by atoms with Gasteiger partial charge < -0.3 is 10.6 Å². The van der Waals surface area contributed by atoms with Crippen LogP contribution in [0.25, 0.3) is 0 Å². The average Bonchev–Trinajstić information content (AvgIpc) is 2.71. The molecule has 3 aromatic carbocycles. The Morgan fingerprint density at radius 3 is 1.82 bits per heavy atom. The van der Waals surface area contributed by atoms with Crippen molar-refractivity contribution in [3.8, 4) is 0 Å². The highest BCUT2D eigenvalue weighted by atomic mass is 32.2. The van der Waals surface area contributed by atoms with Crippen LogP contribution in [0.5, 0.6) is 0 Å². The molecule has 2 N–H and O–H groups in total. The van der Waals surface area contributed by atoms with E-state index in [0.717, 1.165) is 16.7 Å². The summed E-state index contributed by atoms with van der Waals surface area (Å²) in [5.41, 5.74) is 3.19. The van der Waals surface area contributed by atoms with E-state index in [0.29, 0.717) is 16.6 Å². The van der Waals surface area contributed by atoms with Crippen LogP contribution in [-0.4, -0.2) is 19.8 Å². The van der Waals surface area contributed by atoms with Crippen LogP contribution in [-0.2, 0) is 16.4 Å². The summed E-state index contributed by atoms with van der Waals surface area (Å²) < 4.78 is 23.1. The lowest BCUT2D eigenvalue weighted by Gasteiger charge is -2.22. The molecule has 0 saturated heterocycles. The Labute approximate surface area is 171 Å². The first kappa shape index (κ1) is 20.0. The summed E-state index contributed by atoms with van der Waals surface area (Å²) in [6, 6.07) is 27.0. The summed E-state index contributed by atoms with van der Waals surface area (Å²) in [6.45, 7) is 0.506. The summed E-state index contributed by atoms with van der Waals surface area (Å²) in [7, 11) is -3.19. The molecule has 0 aliphatic carbocycles. The average molecular weight is 411 g/mol. The van der Waals surface area contributed by atoms with Crippen molar-refractivity contribution < 1.29 is 8.42 Å². The van der Waals surface area contributed by atoms with E-state index >= 15 is 0 Å². The van der Waals surface area contributed by atoms with Gasteiger partial charge in [0.15, 0.2) is 14.9 Å². The smallest absolute Gasteiger partial charge is 0.175 e. The molecule has 0 aliphatic rings. The van der Waals surface area contributed by atoms with Crippen molar-refractivity contribution in [1.82, 2.24) is 10.6 Å². The van der Waals surface area contributed by atoms with Gasteiger partial charge in [0, 0.05) is 12.8 Å². The molecular formula is C22H22N2O2S2. The number of nitrogens with one attached hydrogen (secondary N) is 2. The molecule has 0 atom stereocenters. The van der Waals surface area contributed by atoms with Crippen LogP contribution in [0.4, 0.5) is 0 Å². The summed E-state index contributed by atoms with van der Waals surface area (Å²) in [4.78, 5) is 0.310. The maximum absolute atomic E-state index is 11.6. The lowest BCUT2D eigenvalue weighted by molar-refractivity contribution is 0.602. The van der Waals surface area contributed by atoms with Crippen LogP contribution in [0.3, 0.4) is 0 Å². The van der Waals surface area contributed by atoms with Crippen LogP contribution in [0.15, 0.2) is 89.8 Å². The van der Waals surface area contributed by atoms with Gasteiger partial charge in [-0.25, -0.2) is 8.42 Å². The van der Waals surface area contributed by atoms with Gasteiger partial charge in [0.25, 0.3) is 0 Å². The Morgan fingerprint density at radius 2 is 1.36 bits per heavy atom. The maximum Gasteiger partial charge on any atom is 0.175 e. The third kappa shape index (κ3) is 5.41. The molecule has 4 nitrogen and oxygen atoms in total. The molecule has 28 heavy (non-hydrogen) atoms. The van der Waals surface area contributed by atoms with Crippen LogP contribution < -0.4 is 10.6 Å². The first-order chi connectivity index (χ1) is 13.4. The van der Waals surface area contributed by atoms with Gasteiger partial charge in [0.2, 0.25) is 0 Å². The zero-order chi connectivity index (χ0) is 20.0. The third-order valence-electron chi connectivity index (χ3n) is 4.35. The Bertz CT molecular complexity index is 980. The molecule has 0 radical (unpaired) electrons. The standard InChI is InChI=1S/C22H22N2O2S2/c1-28(25,26)20-14-12-17(13-15-20)16-23-22(27)24-21(18-8-4-2-5-9-18)19-10-6-3-7-11-19/h2-15,21H,16H2,1H3,(H2,23,24,27). The van der Waals surface area contributed by atoms with Crippen LogP contribution in [0.1, 0.15) is 22.7 Å². The van der Waals surface area contributed by atoms with Crippen LogP contribution in [0, 0.1) is 0 Å². The predicted molar refractivity (Wildman–Crippen MR) is 117 cm³/mol. The molecule has 0 unspecified atom stereocenters. The SMILES string of the molecule is CS(=O)(=O)c1ccc(CNC(=S)NC(c2ccccc2)c2ccccc2)cc1. The van der Waals surface area contributed by atoms with Gasteiger partial charge in [0.1, 0.15) is 0 Å². The molecule has 0 saturated carbocycles. The van der Waals surface area contributed by atoms with Crippen LogP contribution >= 0.6 is 12.2 Å². The van der Waals surface area contributed by atoms with Gasteiger partial charge >= 0.3 is 0 Å². The van der Waals surface area contributed by atoms with Crippen molar-refractivity contribution in [2.24, 2.45) is 0 Å². The van der Waals surface area contributed by atoms with E-state index < -0.39 is 9.84 Å². The van der Waals surface area contributed by atoms with Gasteiger partial charge in [-0.3, -0.25) is 0 Å². The van der Waals surface area contributed by atoms with Gasteiger partial charge in [0.05, 0.1) is 10.9 Å². The Hall–Kier alpha value is -2.70. The van der Waals surface area contributed by atoms with Crippen LogP contribution in [0.2, 0.25) is 0 Å². The molecule has 0 heterocycles. The van der Waals surface area contributed by atoms with Crippen molar-refractivity contribution in [1.29, 1.82) is 0 Å². The number of benzene rings is 3. The zero-order valence-corrected chi connectivity index (χ0v) is 17.1. The molecule has 0 fully saturated rings. The largest absolute Gasteiger partial charge is 0.359 e. The highest BCUT2D eigenvalue weighted by Crippen LogP contribution is 2.21. The topological polar surface area (TPSA) is 58.2 Å². The molecule has 0 aromatic heterocycles. The van der Waals surface area contributed by atoms with E-state index in [2.05, 4.69) is 34.9 Å². The fourth-order valence-corrected chi connectivity index (χ4v) is 3.69. The first-order valence-corrected chi connectivity index (χ1v) is 11.2. The van der Waals surface area contributed by atoms with E-state index in [4.69, 9.17) is 12.2 Å². The summed E-state index contributed by atoms with van der Waals surface area (Å²) >= 11 is 5.50. The van der Waals surface area contributed by atoms with E-state index in [-0.39, 0.29) is 6.04 Å². The second-order valence-electron chi connectivity index (χ2n) is 6.50. The molecule has 3 rings (SSSR count). The second-order valence-corrected chi connectivity index (χ2v) is 8.92. The summed E-state index contributed by atoms with van der Waals surface area (Å²) in [5.74, 6) is 0. The molecule has 6 heteroatoms. The highest BCUT2D eigenvalue weighted by molar-refractivity contribution is 7.90. The van der Waals surface area contributed by atoms with Crippen molar-refractivity contribution >= 4 is 27.2 Å². The molecular weight excluding hydrogens is 388 g/mol. The first-order valence-electron chi connectivity index (χ1n) is 8.87. The second kappa shape index (κ2) is 8.99. The quantitative estimate of drug-likeness (QED) is 0.605. The normalized spacial score (nSPS) is 11.2. The minimum absolute atomic E-state index is 0.0602. The molecule has 0 aliphatic heterocycles. The van der Waals surface area contributed by atoms with E-state index in [1.807, 2.05) is 36.4 Å². The molecule has 0 bridgehead atoms. The monoisotopic (exact) mass is 410 g/mol. The van der Waals surface area contributed by atoms with E-state index in [9.17, 15) is 8.42 Å². The zero-order valence-electron chi connectivity index (χ0n) is 15.5. The maximum atomic E-state index is 11.6. The minimum atomic E-state index is -3.19. The lowest BCUT2D eigenvalue weighted by Crippen LogP contribution is -2.37. The highest BCUT2D eigenvalue weighted by Gasteiger charge is 2.14. The third-order valence-corrected chi connectivity index (χ3v) is 5.74. The molecule has 0 spiro atoms. The Kier molecular flexibility index (Phi) is 6.44. The number of hydrogen-bond donors (Lipinski definition) is 2. The summed E-state index contributed by atoms with van der Waals surface area (Å²) in [5, 5.41) is 7.11. The lowest BCUT2D eigenvalue weighted by atomic mass is 9.99. The molecule has 3 aromatic rings. The van der Waals surface area contributed by atoms with E-state index in [1.54, 1.807) is 24.3 Å². The van der Waals surface area contributed by atoms with Gasteiger partial charge in [-0.2, -0.15) is 0 Å². The van der Waals surface area contributed by atoms with Gasteiger partial charge in [-0.05, 0) is 41.0 Å². The Balaban J connectivity index is 1.67. The predicted octanol–water partition coefficient (Wildman–Crippen LogP) is 3.84. The fourth-order valence-electron chi connectivity index (χ4n) is 2.87. The fraction of sp³-hybridized carbons (Fsp3) is 0.136. The number of rotatable bonds is 6. The Morgan fingerprint density at radius 1 is 0.857 bits per heavy atom. The van der Waals surface area contributed by atoms with Gasteiger partial charge in [-0.15, -0.1) is 0 Å². The number of thiocarbonyl (C=S) groups is 1. The molecule has 0 amide bonds. The van der Waals surface area contributed by atoms with Gasteiger partial charge in [-0.1, -0.05) is 72.8 Å². The number of sulfone groups is 1. The van der Waals surface area contributed by atoms with Crippen molar-refractivity contribution in [3.05, 3.63) is 102 Å². The molecule has 144 valence electrons. The number of hydrogen-bond acceptors (Lipinski definition) is 3.